The number of H-pyrrole nitrogens is 2. The number of phosphoric ester groups is 3. The summed E-state index contributed by atoms with van der Waals surface area (Å²) in [6.45, 7) is 1.58. The molecule has 6 bridgehead atoms. The van der Waals surface area contributed by atoms with Gasteiger partial charge in [-0.2, -0.15) is 4.98 Å². The highest BCUT2D eigenvalue weighted by Crippen LogP contribution is 2.54. The summed E-state index contributed by atoms with van der Waals surface area (Å²) in [6, 6.07) is -3.10. The first-order chi connectivity index (χ1) is 36.0. The summed E-state index contributed by atoms with van der Waals surface area (Å²) in [4.78, 5) is 132. The summed E-state index contributed by atoms with van der Waals surface area (Å²) in [6.07, 6.45) is -15.8. The van der Waals surface area contributed by atoms with Crippen molar-refractivity contribution in [2.24, 2.45) is 0 Å². The van der Waals surface area contributed by atoms with E-state index in [1.54, 1.807) is 0 Å². The number of imide groups is 1. The van der Waals surface area contributed by atoms with Crippen molar-refractivity contribution in [3.63, 3.8) is 0 Å². The standard InChI is InChI=1S/C40H53N8O26P3/c1-16-9-45-29-7-21(73-75(59,60)65-13-24-19(50)5-27(69-24)46-10-17(2)33(51)42-37(46)55)25(70-29)14-66-77(63,64)74-22-8-30(48-32(31(16)41-36(45)54)40(4,58)35(53)44-39(48)57)71-26(22)15-67-76(61,62)72-20-6-28(68-23(20)12-49)47-11-18(3)34(52)43-38(47)56/h9-11,19-30,32,49-50,58H,5-8,12-15H2,1-4H3,(H,59,60)(H,61,62)(H,63,64)(H,42,51,55)(H,43,52,56)(H,44,53,57)/t19-,20-,21-,22-,23+,24+,25+,26+,27+,28+,29+,30+,32-,40+/m0/s1. The third kappa shape index (κ3) is 11.8. The number of aromatic amines is 2. The van der Waals surface area contributed by atoms with E-state index in [0.717, 1.165) is 25.5 Å². The molecule has 5 saturated heterocycles. The van der Waals surface area contributed by atoms with Gasteiger partial charge in [0.15, 0.2) is 5.60 Å². The van der Waals surface area contributed by atoms with Crippen LogP contribution in [0.2, 0.25) is 0 Å². The van der Waals surface area contributed by atoms with E-state index in [1.807, 2.05) is 5.32 Å². The molecule has 0 aliphatic carbocycles. The zero-order chi connectivity index (χ0) is 55.8. The van der Waals surface area contributed by atoms with Gasteiger partial charge in [0.1, 0.15) is 73.7 Å². The van der Waals surface area contributed by atoms with Crippen LogP contribution in [0.5, 0.6) is 0 Å². The summed E-state index contributed by atoms with van der Waals surface area (Å²) < 4.78 is 99.5. The normalized spacial score (nSPS) is 35.9. The molecule has 0 aromatic carbocycles. The van der Waals surface area contributed by atoms with E-state index < -0.39 is 188 Å². The van der Waals surface area contributed by atoms with Crippen LogP contribution in [0.15, 0.2) is 42.6 Å². The largest absolute Gasteiger partial charge is 0.472 e. The molecule has 0 saturated carbocycles. The van der Waals surface area contributed by atoms with Gasteiger partial charge in [-0.25, -0.2) is 32.9 Å². The fourth-order valence-electron chi connectivity index (χ4n) is 9.71. The number of carbonyl (C=O) groups is 2. The molecule has 3 aromatic heterocycles. The number of amides is 3. The molecule has 0 radical (unpaired) electrons. The number of hydrogen-bond acceptors (Lipinski definition) is 24. The highest BCUT2D eigenvalue weighted by molar-refractivity contribution is 7.48. The molecule has 77 heavy (non-hydrogen) atoms. The number of aliphatic hydroxyl groups is 3. The van der Waals surface area contributed by atoms with Gasteiger partial charge in [-0.1, -0.05) is 0 Å². The van der Waals surface area contributed by atoms with Crippen LogP contribution in [0.3, 0.4) is 0 Å². The third-order valence-electron chi connectivity index (χ3n) is 13.6. The Hall–Kier alpha value is -4.77. The molecule has 10 rings (SSSR count). The van der Waals surface area contributed by atoms with Gasteiger partial charge >= 0.3 is 46.6 Å². The Kier molecular flexibility index (Phi) is 15.8. The molecular formula is C40H53N8O26P3. The lowest BCUT2D eigenvalue weighted by Gasteiger charge is -2.45. The van der Waals surface area contributed by atoms with Crippen molar-refractivity contribution in [3.05, 3.63) is 93.1 Å². The Bertz CT molecular complexity index is 3270. The molecule has 34 nitrogen and oxygen atoms in total. The van der Waals surface area contributed by atoms with Crippen molar-refractivity contribution in [1.82, 2.24) is 38.9 Å². The Balaban J connectivity index is 0.962. The van der Waals surface area contributed by atoms with E-state index in [9.17, 15) is 77.3 Å². The number of aliphatic hydroxyl groups excluding tert-OH is 2. The second kappa shape index (κ2) is 21.4. The van der Waals surface area contributed by atoms with Crippen molar-refractivity contribution in [1.29, 1.82) is 0 Å². The molecular weight excluding hydrogens is 1100 g/mol. The van der Waals surface area contributed by atoms with E-state index in [1.165, 1.54) is 39.4 Å². The first-order valence-corrected chi connectivity index (χ1v) is 28.0. The topological polar surface area (TPSA) is 459 Å². The lowest BCUT2D eigenvalue weighted by molar-refractivity contribution is -0.159. The summed E-state index contributed by atoms with van der Waals surface area (Å²) in [5.41, 5.74) is -6.86. The first kappa shape index (κ1) is 56.9. The summed E-state index contributed by atoms with van der Waals surface area (Å²) in [7, 11) is -16.0. The van der Waals surface area contributed by atoms with Gasteiger partial charge in [-0.3, -0.25) is 75.4 Å². The van der Waals surface area contributed by atoms with Crippen molar-refractivity contribution < 1.29 is 99.4 Å². The Morgan fingerprint density at radius 2 is 1.27 bits per heavy atom. The van der Waals surface area contributed by atoms with E-state index in [4.69, 9.17) is 46.1 Å². The highest BCUT2D eigenvalue weighted by atomic mass is 31.2. The van der Waals surface area contributed by atoms with Crippen LogP contribution in [0, 0.1) is 20.8 Å². The predicted molar refractivity (Wildman–Crippen MR) is 248 cm³/mol. The minimum absolute atomic E-state index is 0.0443. The molecule has 7 aliphatic rings. The molecule has 37 heteroatoms. The second-order valence-electron chi connectivity index (χ2n) is 19.1. The lowest BCUT2D eigenvalue weighted by atomic mass is 9.87. The van der Waals surface area contributed by atoms with E-state index in [0.29, 0.717) is 0 Å². The SMILES string of the molecule is Cc1cn2c(=O)nc1[C@@H]1N(C(=O)NC(=O)[C@]1(C)O)[C@H]1C[C@H](OP(=O)(O)OC[C@H]3O[C@@H]2C[C@@H]3OP(=O)(O)OC[C@H]2O[C@@H](n3cc(C)c(=O)[nH]c3=O)C[C@@H]2O)[C@@H](COP(=O)(O)O[C@H]2C[C@H](n3cc(C)c(=O)[nH]c3=O)O[C@@H]2CO)O1. The average molecular weight is 1150 g/mol. The maximum atomic E-state index is 14.0. The molecule has 3 aromatic rings. The zero-order valence-electron chi connectivity index (χ0n) is 40.8. The smallest absolute Gasteiger partial charge is 0.394 e. The summed E-state index contributed by atoms with van der Waals surface area (Å²) >= 11 is 0. The zero-order valence-corrected chi connectivity index (χ0v) is 43.5. The van der Waals surface area contributed by atoms with E-state index in [-0.39, 0.29) is 35.2 Å². The number of fused-ring (bicyclic) bond motifs is 5. The monoisotopic (exact) mass is 1150 g/mol. The number of ether oxygens (including phenoxy) is 4. The van der Waals surface area contributed by atoms with Crippen LogP contribution < -0.4 is 33.5 Å². The average Bonchev–Trinajstić information content (AvgIpc) is 4.17. The van der Waals surface area contributed by atoms with Crippen molar-refractivity contribution >= 4 is 35.4 Å². The van der Waals surface area contributed by atoms with E-state index >= 15 is 0 Å². The molecule has 9 N–H and O–H groups in total. The van der Waals surface area contributed by atoms with Crippen molar-refractivity contribution in [2.45, 2.75) is 139 Å². The number of nitrogens with one attached hydrogen (secondary N) is 3. The highest BCUT2D eigenvalue weighted by Gasteiger charge is 2.57. The number of aryl methyl sites for hydroxylation is 3. The third-order valence-corrected chi connectivity index (χ3v) is 16.7. The molecule has 424 valence electrons. The minimum atomic E-state index is -5.44. The molecule has 5 fully saturated rings. The number of hydrogen-bond donors (Lipinski definition) is 9. The quantitative estimate of drug-likeness (QED) is 0.0797. The van der Waals surface area contributed by atoms with Gasteiger partial charge in [0.25, 0.3) is 17.0 Å². The number of urea groups is 1. The van der Waals surface area contributed by atoms with Crippen LogP contribution in [-0.4, -0.2) is 163 Å². The van der Waals surface area contributed by atoms with Gasteiger partial charge in [0.05, 0.1) is 38.2 Å². The second-order valence-corrected chi connectivity index (χ2v) is 23.3. The predicted octanol–water partition coefficient (Wildman–Crippen LogP) is -2.54. The lowest BCUT2D eigenvalue weighted by Crippen LogP contribution is -2.67. The van der Waals surface area contributed by atoms with Gasteiger partial charge in [0.2, 0.25) is 0 Å². The van der Waals surface area contributed by atoms with Crippen LogP contribution in [-0.2, 0) is 64.6 Å². The fourth-order valence-corrected chi connectivity index (χ4v) is 12.6. The summed E-state index contributed by atoms with van der Waals surface area (Å²) in [5, 5.41) is 34.5. The van der Waals surface area contributed by atoms with Crippen LogP contribution in [0.1, 0.15) is 79.7 Å². The molecule has 0 spiro atoms. The van der Waals surface area contributed by atoms with Gasteiger partial charge < -0.3 is 48.9 Å². The molecule has 3 amide bonds. The molecule has 3 unspecified atom stereocenters. The minimum Gasteiger partial charge on any atom is -0.394 e. The fraction of sp³-hybridized carbons (Fsp3) is 0.650. The number of rotatable bonds is 13. The number of aromatic nitrogens is 6. The van der Waals surface area contributed by atoms with Gasteiger partial charge in [-0.05, 0) is 33.3 Å². The molecule has 17 atom stereocenters. The Morgan fingerprint density at radius 3 is 1.90 bits per heavy atom. The first-order valence-electron chi connectivity index (χ1n) is 23.5. The maximum Gasteiger partial charge on any atom is 0.472 e. The molecule has 7 aliphatic heterocycles. The maximum absolute atomic E-state index is 14.0. The van der Waals surface area contributed by atoms with E-state index in [2.05, 4.69) is 15.0 Å². The Morgan fingerprint density at radius 1 is 0.740 bits per heavy atom. The molecule has 10 heterocycles. The van der Waals surface area contributed by atoms with Crippen LogP contribution >= 0.6 is 23.5 Å². The number of nitrogens with zero attached hydrogens (tertiary/aromatic N) is 5. The van der Waals surface area contributed by atoms with Crippen LogP contribution in [0.25, 0.3) is 0 Å². The summed E-state index contributed by atoms with van der Waals surface area (Å²) in [5.74, 6) is -1.24. The number of carbonyl (C=O) groups excluding carboxylic acids is 2. The van der Waals surface area contributed by atoms with Crippen molar-refractivity contribution in [2.75, 3.05) is 26.4 Å². The van der Waals surface area contributed by atoms with Crippen LogP contribution in [0.4, 0.5) is 4.79 Å². The van der Waals surface area contributed by atoms with Crippen molar-refractivity contribution in [3.8, 4) is 0 Å². The number of phosphoric acid groups is 3. The van der Waals surface area contributed by atoms with Gasteiger partial charge in [0, 0.05) is 55.4 Å². The Labute approximate surface area is 431 Å². The van der Waals surface area contributed by atoms with Gasteiger partial charge in [-0.15, -0.1) is 0 Å².